The van der Waals surface area contributed by atoms with E-state index in [1.54, 1.807) is 20.8 Å². The molecule has 0 unspecified atom stereocenters. The van der Waals surface area contributed by atoms with E-state index < -0.39 is 39.5 Å². The normalized spacial score (nSPS) is 14.2. The summed E-state index contributed by atoms with van der Waals surface area (Å²) in [5.41, 5.74) is 0.143. The van der Waals surface area contributed by atoms with Gasteiger partial charge in [-0.15, -0.1) is 0 Å². The van der Waals surface area contributed by atoms with Gasteiger partial charge in [0.1, 0.15) is 12.2 Å². The van der Waals surface area contributed by atoms with E-state index in [0.29, 0.717) is 6.42 Å². The average Bonchev–Trinajstić information content (AvgIpc) is 2.63. The smallest absolute Gasteiger partial charge is 0.310 e. The third-order valence-electron chi connectivity index (χ3n) is 4.40. The maximum atomic E-state index is 13.0. The van der Waals surface area contributed by atoms with E-state index in [9.17, 15) is 18.0 Å². The molecule has 0 radical (unpaired) electrons. The van der Waals surface area contributed by atoms with Crippen LogP contribution < -0.4 is 0 Å². The molecule has 1 aromatic rings. The predicted octanol–water partition coefficient (Wildman–Crippen LogP) is 4.11. The standard InChI is InChI=1S/C23H36O7S/c1-17(2)15-20(21(24)28-16-18-11-8-7-9-12-18)19(22(25)30-23(3,4)5)13-10-14-29-31(6,26)27/h7-9,11-12,17,19-20H,10,13-16H2,1-6H3/t19-,20+/m1/s1. The fraction of sp³-hybridized carbons (Fsp3) is 0.652. The van der Waals surface area contributed by atoms with Crippen LogP contribution in [0, 0.1) is 17.8 Å². The monoisotopic (exact) mass is 456 g/mol. The molecule has 0 saturated carbocycles. The van der Waals surface area contributed by atoms with Crippen LogP contribution in [0.3, 0.4) is 0 Å². The summed E-state index contributed by atoms with van der Waals surface area (Å²) in [6.07, 6.45) is 1.96. The molecule has 0 aliphatic carbocycles. The number of hydrogen-bond acceptors (Lipinski definition) is 7. The molecule has 31 heavy (non-hydrogen) atoms. The van der Waals surface area contributed by atoms with Gasteiger partial charge in [0.15, 0.2) is 0 Å². The summed E-state index contributed by atoms with van der Waals surface area (Å²) in [4.78, 5) is 26.0. The van der Waals surface area contributed by atoms with Crippen molar-refractivity contribution in [2.75, 3.05) is 12.9 Å². The number of benzene rings is 1. The van der Waals surface area contributed by atoms with E-state index in [4.69, 9.17) is 13.7 Å². The summed E-state index contributed by atoms with van der Waals surface area (Å²) in [6.45, 7) is 9.28. The van der Waals surface area contributed by atoms with Crippen molar-refractivity contribution in [3.63, 3.8) is 0 Å². The summed E-state index contributed by atoms with van der Waals surface area (Å²) >= 11 is 0. The van der Waals surface area contributed by atoms with Crippen LogP contribution in [-0.4, -0.2) is 38.8 Å². The molecule has 0 spiro atoms. The first-order chi connectivity index (χ1) is 14.3. The van der Waals surface area contributed by atoms with Crippen molar-refractivity contribution in [1.29, 1.82) is 0 Å². The van der Waals surface area contributed by atoms with E-state index >= 15 is 0 Å². The van der Waals surface area contributed by atoms with Gasteiger partial charge in [-0.25, -0.2) is 0 Å². The van der Waals surface area contributed by atoms with Crippen LogP contribution in [0.5, 0.6) is 0 Å². The Bertz CT molecular complexity index is 795. The lowest BCUT2D eigenvalue weighted by atomic mass is 9.82. The van der Waals surface area contributed by atoms with Crippen molar-refractivity contribution in [3.05, 3.63) is 35.9 Å². The lowest BCUT2D eigenvalue weighted by Gasteiger charge is -2.29. The second kappa shape index (κ2) is 12.2. The van der Waals surface area contributed by atoms with Crippen LogP contribution in [0.4, 0.5) is 0 Å². The van der Waals surface area contributed by atoms with E-state index in [1.807, 2.05) is 44.2 Å². The van der Waals surface area contributed by atoms with Crippen LogP contribution in [0.2, 0.25) is 0 Å². The molecule has 0 aliphatic rings. The van der Waals surface area contributed by atoms with Gasteiger partial charge in [0.2, 0.25) is 0 Å². The molecular weight excluding hydrogens is 420 g/mol. The van der Waals surface area contributed by atoms with Gasteiger partial charge in [0.25, 0.3) is 10.1 Å². The van der Waals surface area contributed by atoms with E-state index in [-0.39, 0.29) is 32.0 Å². The lowest BCUT2D eigenvalue weighted by Crippen LogP contribution is -2.37. The first kappa shape index (κ1) is 27.1. The van der Waals surface area contributed by atoms with Gasteiger partial charge in [-0.2, -0.15) is 8.42 Å². The van der Waals surface area contributed by atoms with Crippen LogP contribution in [0.1, 0.15) is 59.4 Å². The molecule has 0 bridgehead atoms. The van der Waals surface area contributed by atoms with Crippen LogP contribution in [0.15, 0.2) is 30.3 Å². The minimum absolute atomic E-state index is 0.0639. The molecule has 0 heterocycles. The third-order valence-corrected chi connectivity index (χ3v) is 5.00. The number of rotatable bonds is 12. The second-order valence-electron chi connectivity index (χ2n) is 9.14. The van der Waals surface area contributed by atoms with Gasteiger partial charge in [-0.05, 0) is 51.5 Å². The van der Waals surface area contributed by atoms with Gasteiger partial charge in [0.05, 0.1) is 24.7 Å². The first-order valence-electron chi connectivity index (χ1n) is 10.6. The topological polar surface area (TPSA) is 96.0 Å². The first-order valence-corrected chi connectivity index (χ1v) is 12.4. The fourth-order valence-corrected chi connectivity index (χ4v) is 3.56. The highest BCUT2D eigenvalue weighted by Crippen LogP contribution is 2.29. The minimum Gasteiger partial charge on any atom is -0.461 e. The summed E-state index contributed by atoms with van der Waals surface area (Å²) in [5, 5.41) is 0. The van der Waals surface area contributed by atoms with Gasteiger partial charge in [-0.3, -0.25) is 13.8 Å². The Morgan fingerprint density at radius 3 is 2.13 bits per heavy atom. The highest BCUT2D eigenvalue weighted by atomic mass is 32.2. The molecule has 7 nitrogen and oxygen atoms in total. The molecule has 0 saturated heterocycles. The summed E-state index contributed by atoms with van der Waals surface area (Å²) in [5.74, 6) is -2.26. The molecular formula is C23H36O7S. The summed E-state index contributed by atoms with van der Waals surface area (Å²) in [7, 11) is -3.57. The zero-order valence-electron chi connectivity index (χ0n) is 19.4. The highest BCUT2D eigenvalue weighted by Gasteiger charge is 2.37. The van der Waals surface area contributed by atoms with E-state index in [1.165, 1.54) is 0 Å². The number of carbonyl (C=O) groups excluding carboxylic acids is 2. The summed E-state index contributed by atoms with van der Waals surface area (Å²) < 4.78 is 38.3. The number of esters is 2. The zero-order valence-corrected chi connectivity index (χ0v) is 20.2. The molecule has 0 fully saturated rings. The van der Waals surface area contributed by atoms with Crippen LogP contribution in [-0.2, 0) is 40.0 Å². The Morgan fingerprint density at radius 2 is 1.61 bits per heavy atom. The zero-order chi connectivity index (χ0) is 23.7. The van der Waals surface area contributed by atoms with Crippen LogP contribution >= 0.6 is 0 Å². The number of hydrogen-bond donors (Lipinski definition) is 0. The highest BCUT2D eigenvalue weighted by molar-refractivity contribution is 7.85. The van der Waals surface area contributed by atoms with Crippen molar-refractivity contribution in [2.45, 2.75) is 66.1 Å². The maximum absolute atomic E-state index is 13.0. The molecule has 0 aliphatic heterocycles. The van der Waals surface area contributed by atoms with Crippen LogP contribution in [0.25, 0.3) is 0 Å². The number of ether oxygens (including phenoxy) is 2. The summed E-state index contributed by atoms with van der Waals surface area (Å²) in [6, 6.07) is 9.32. The number of carbonyl (C=O) groups is 2. The quantitative estimate of drug-likeness (QED) is 0.265. The Labute approximate surface area is 186 Å². The Morgan fingerprint density at radius 1 is 1.00 bits per heavy atom. The Hall–Kier alpha value is -1.93. The largest absolute Gasteiger partial charge is 0.461 e. The van der Waals surface area contributed by atoms with Crippen molar-refractivity contribution >= 4 is 22.1 Å². The van der Waals surface area contributed by atoms with Crippen molar-refractivity contribution in [1.82, 2.24) is 0 Å². The molecule has 176 valence electrons. The molecule has 1 aromatic carbocycles. The molecule has 0 amide bonds. The van der Waals surface area contributed by atoms with Gasteiger partial charge >= 0.3 is 11.9 Å². The lowest BCUT2D eigenvalue weighted by molar-refractivity contribution is -0.169. The predicted molar refractivity (Wildman–Crippen MR) is 119 cm³/mol. The minimum atomic E-state index is -3.57. The molecule has 0 N–H and O–H groups in total. The molecule has 2 atom stereocenters. The molecule has 8 heteroatoms. The Kier molecular flexibility index (Phi) is 10.7. The fourth-order valence-electron chi connectivity index (χ4n) is 3.14. The van der Waals surface area contributed by atoms with Crippen molar-refractivity contribution < 1.29 is 31.7 Å². The van der Waals surface area contributed by atoms with Gasteiger partial charge < -0.3 is 9.47 Å². The SMILES string of the molecule is CC(C)C[C@H](C(=O)OCc1ccccc1)[C@@H](CCCOS(C)(=O)=O)C(=O)OC(C)(C)C. The van der Waals surface area contributed by atoms with Crippen molar-refractivity contribution in [2.24, 2.45) is 17.8 Å². The van der Waals surface area contributed by atoms with Gasteiger partial charge in [-0.1, -0.05) is 44.2 Å². The van der Waals surface area contributed by atoms with E-state index in [0.717, 1.165) is 11.8 Å². The Balaban J connectivity index is 2.99. The van der Waals surface area contributed by atoms with E-state index in [2.05, 4.69) is 0 Å². The van der Waals surface area contributed by atoms with Crippen molar-refractivity contribution in [3.8, 4) is 0 Å². The van der Waals surface area contributed by atoms with Gasteiger partial charge in [0, 0.05) is 0 Å². The second-order valence-corrected chi connectivity index (χ2v) is 10.8. The molecule has 0 aromatic heterocycles. The molecule has 1 rings (SSSR count). The third kappa shape index (κ3) is 11.9. The average molecular weight is 457 g/mol. The maximum Gasteiger partial charge on any atom is 0.310 e.